The van der Waals surface area contributed by atoms with Gasteiger partial charge >= 0.3 is 5.97 Å². The molecule has 0 aliphatic rings. The lowest BCUT2D eigenvalue weighted by atomic mass is 9.96. The van der Waals surface area contributed by atoms with Crippen LogP contribution in [0.25, 0.3) is 43.2 Å². The molecule has 7 rings (SSSR count). The van der Waals surface area contributed by atoms with Crippen LogP contribution in [0.5, 0.6) is 23.1 Å². The van der Waals surface area contributed by atoms with Gasteiger partial charge in [-0.25, -0.2) is 29.1 Å². The minimum atomic E-state index is -1.37. The third kappa shape index (κ3) is 8.12. The molecule has 0 unspecified atom stereocenters. The molecule has 0 bridgehead atoms. The fourth-order valence-corrected chi connectivity index (χ4v) is 7.60. The van der Waals surface area contributed by atoms with E-state index < -0.39 is 12.1 Å². The number of benzene rings is 4. The molecule has 4 aromatic carbocycles. The predicted molar refractivity (Wildman–Crippen MR) is 214 cm³/mol. The molecule has 0 amide bonds. The lowest BCUT2D eigenvalue weighted by Gasteiger charge is -2.18. The molecule has 3 heterocycles. The Kier molecular flexibility index (Phi) is 11.7. The maximum Gasteiger partial charge on any atom is 0.345 e. The van der Waals surface area contributed by atoms with Crippen molar-refractivity contribution in [3.8, 4) is 56.1 Å². The first-order chi connectivity index (χ1) is 27.2. The number of carbonyl (C=O) groups is 1. The van der Waals surface area contributed by atoms with Gasteiger partial charge in [-0.1, -0.05) is 67.1 Å². The zero-order valence-electron chi connectivity index (χ0n) is 30.7. The minimum absolute atomic E-state index is 0.0498. The van der Waals surface area contributed by atoms with Crippen LogP contribution in [0.1, 0.15) is 30.2 Å². The molecule has 0 aliphatic heterocycles. The van der Waals surface area contributed by atoms with Gasteiger partial charge in [0.2, 0.25) is 12.0 Å². The van der Waals surface area contributed by atoms with Gasteiger partial charge in [-0.05, 0) is 78.1 Å². The number of carboxylic acids is 1. The smallest absolute Gasteiger partial charge is 0.345 e. The highest BCUT2D eigenvalue weighted by atomic mass is 35.5. The summed E-state index contributed by atoms with van der Waals surface area (Å²) >= 11 is 8.23. The molecule has 0 saturated heterocycles. The van der Waals surface area contributed by atoms with Gasteiger partial charge in [0.05, 0.1) is 35.4 Å². The highest BCUT2D eigenvalue weighted by molar-refractivity contribution is 7.22. The Morgan fingerprint density at radius 3 is 2.43 bits per heavy atom. The number of halogens is 2. The normalized spacial score (nSPS) is 11.7. The van der Waals surface area contributed by atoms with Crippen LogP contribution in [-0.4, -0.2) is 50.8 Å². The van der Waals surface area contributed by atoms with Crippen molar-refractivity contribution in [2.24, 2.45) is 0 Å². The van der Waals surface area contributed by atoms with Gasteiger partial charge in [-0.3, -0.25) is 0 Å². The van der Waals surface area contributed by atoms with Crippen LogP contribution in [0.4, 0.5) is 4.39 Å². The highest BCUT2D eigenvalue weighted by Crippen LogP contribution is 2.49. The number of aliphatic carboxylic acids is 1. The summed E-state index contributed by atoms with van der Waals surface area (Å²) in [6, 6.07) is 26.3. The molecule has 10 nitrogen and oxygen atoms in total. The molecule has 3 aromatic heterocycles. The predicted octanol–water partition coefficient (Wildman–Crippen LogP) is 10.0. The first kappa shape index (κ1) is 38.2. The molecule has 0 aliphatic carbocycles. The fraction of sp³-hybridized carbons (Fsp3) is 0.186. The number of carboxylic acid groups (broad SMARTS) is 1. The molecule has 0 saturated carbocycles. The van der Waals surface area contributed by atoms with E-state index in [1.54, 1.807) is 55.8 Å². The quantitative estimate of drug-likeness (QED) is 0.107. The second kappa shape index (κ2) is 17.1. The van der Waals surface area contributed by atoms with E-state index in [0.29, 0.717) is 61.7 Å². The van der Waals surface area contributed by atoms with Gasteiger partial charge in [0.25, 0.3) is 0 Å². The number of methoxy groups -OCH3 is 1. The molecule has 7 aromatic rings. The standard InChI is InChI=1S/C43H36ClFN4O6S/c1-4-21-53-34-18-17-30(25(2)38(34)44)36-37-41(47-24-48-42(37)56-39(36)26-13-15-28(45)16-14-26)55-35(43(50)51)22-27-9-5-7-11-32(27)54-23-29-19-20-46-40(49-29)31-10-6-8-12-33(31)52-3/h5-20,24,35H,4,21-23H2,1-3H3,(H,50,51)/t35-/m1/s1. The van der Waals surface area contributed by atoms with E-state index in [1.165, 1.54) is 29.8 Å². The third-order valence-electron chi connectivity index (χ3n) is 8.99. The number of para-hydroxylation sites is 2. The fourth-order valence-electron chi connectivity index (χ4n) is 6.23. The van der Waals surface area contributed by atoms with Crippen LogP contribution in [0.2, 0.25) is 5.02 Å². The third-order valence-corrected chi connectivity index (χ3v) is 10.6. The number of nitrogens with zero attached hydrogens (tertiary/aromatic N) is 4. The number of hydrogen-bond donors (Lipinski definition) is 1. The van der Waals surface area contributed by atoms with Crippen molar-refractivity contribution in [2.45, 2.75) is 39.4 Å². The summed E-state index contributed by atoms with van der Waals surface area (Å²) < 4.78 is 38.0. The van der Waals surface area contributed by atoms with Gasteiger partial charge in [0.15, 0.2) is 5.82 Å². The van der Waals surface area contributed by atoms with Crippen molar-refractivity contribution in [3.63, 3.8) is 0 Å². The van der Waals surface area contributed by atoms with Crippen LogP contribution >= 0.6 is 22.9 Å². The lowest BCUT2D eigenvalue weighted by molar-refractivity contribution is -0.145. The average molecular weight is 791 g/mol. The molecule has 0 radical (unpaired) electrons. The zero-order valence-corrected chi connectivity index (χ0v) is 32.2. The molecule has 0 fully saturated rings. The van der Waals surface area contributed by atoms with E-state index >= 15 is 0 Å². The molecular formula is C43H36ClFN4O6S. The van der Waals surface area contributed by atoms with E-state index in [0.717, 1.165) is 33.6 Å². The Morgan fingerprint density at radius 1 is 0.893 bits per heavy atom. The van der Waals surface area contributed by atoms with Gasteiger partial charge in [-0.15, -0.1) is 11.3 Å². The Hall–Kier alpha value is -6.11. The number of ether oxygens (including phenoxy) is 4. The van der Waals surface area contributed by atoms with E-state index in [1.807, 2.05) is 50.2 Å². The summed E-state index contributed by atoms with van der Waals surface area (Å²) in [5.74, 6) is 0.655. The summed E-state index contributed by atoms with van der Waals surface area (Å²) in [5, 5.41) is 11.5. The monoisotopic (exact) mass is 790 g/mol. The molecule has 13 heteroatoms. The van der Waals surface area contributed by atoms with Crippen LogP contribution in [0.15, 0.2) is 104 Å². The molecule has 1 atom stereocenters. The summed E-state index contributed by atoms with van der Waals surface area (Å²) in [6.07, 6.45) is 2.39. The minimum Gasteiger partial charge on any atom is -0.496 e. The van der Waals surface area contributed by atoms with Crippen molar-refractivity contribution in [1.82, 2.24) is 19.9 Å². The second-order valence-corrected chi connectivity index (χ2v) is 14.1. The van der Waals surface area contributed by atoms with Gasteiger partial charge in [0.1, 0.15) is 40.8 Å². The van der Waals surface area contributed by atoms with Gasteiger partial charge < -0.3 is 24.1 Å². The SMILES string of the molecule is CCCOc1ccc(-c2c(-c3ccc(F)cc3)sc3ncnc(O[C@H](Cc4ccccc4OCc4ccnc(-c5ccccc5OC)n4)C(=O)O)c23)c(C)c1Cl. The lowest BCUT2D eigenvalue weighted by Crippen LogP contribution is -2.30. The number of aromatic nitrogens is 4. The van der Waals surface area contributed by atoms with Crippen LogP contribution in [-0.2, 0) is 17.8 Å². The molecule has 284 valence electrons. The number of hydrogen-bond acceptors (Lipinski definition) is 10. The van der Waals surface area contributed by atoms with Crippen molar-refractivity contribution in [3.05, 3.63) is 131 Å². The molecular weight excluding hydrogens is 755 g/mol. The van der Waals surface area contributed by atoms with Crippen LogP contribution < -0.4 is 18.9 Å². The number of fused-ring (bicyclic) bond motifs is 1. The summed E-state index contributed by atoms with van der Waals surface area (Å²) in [4.78, 5) is 32.3. The van der Waals surface area contributed by atoms with E-state index in [-0.39, 0.29) is 24.7 Å². The summed E-state index contributed by atoms with van der Waals surface area (Å²) in [6.45, 7) is 4.50. The Labute approximate surface area is 331 Å². The Morgan fingerprint density at radius 2 is 1.66 bits per heavy atom. The van der Waals surface area contributed by atoms with Crippen LogP contribution in [0, 0.1) is 12.7 Å². The van der Waals surface area contributed by atoms with E-state index in [2.05, 4.69) is 19.9 Å². The molecule has 56 heavy (non-hydrogen) atoms. The first-order valence-corrected chi connectivity index (χ1v) is 19.0. The van der Waals surface area contributed by atoms with Crippen molar-refractivity contribution >= 4 is 39.1 Å². The number of thiophene rings is 1. The summed E-state index contributed by atoms with van der Waals surface area (Å²) in [7, 11) is 1.59. The maximum absolute atomic E-state index is 14.1. The van der Waals surface area contributed by atoms with E-state index in [9.17, 15) is 14.3 Å². The topological polar surface area (TPSA) is 126 Å². The zero-order chi connectivity index (χ0) is 39.2. The molecule has 1 N–H and O–H groups in total. The van der Waals surface area contributed by atoms with Crippen molar-refractivity contribution < 1.29 is 33.2 Å². The van der Waals surface area contributed by atoms with Gasteiger partial charge in [0, 0.05) is 23.1 Å². The average Bonchev–Trinajstić information content (AvgIpc) is 3.61. The Balaban J connectivity index is 1.22. The van der Waals surface area contributed by atoms with Crippen molar-refractivity contribution in [2.75, 3.05) is 13.7 Å². The first-order valence-electron chi connectivity index (χ1n) is 17.8. The van der Waals surface area contributed by atoms with Crippen LogP contribution in [0.3, 0.4) is 0 Å². The van der Waals surface area contributed by atoms with Crippen molar-refractivity contribution in [1.29, 1.82) is 0 Å². The highest BCUT2D eigenvalue weighted by Gasteiger charge is 2.28. The van der Waals surface area contributed by atoms with Gasteiger partial charge in [-0.2, -0.15) is 0 Å². The Bertz CT molecular complexity index is 2510. The second-order valence-electron chi connectivity index (χ2n) is 12.7. The maximum atomic E-state index is 14.1. The van der Waals surface area contributed by atoms with E-state index in [4.69, 9.17) is 30.5 Å². The summed E-state index contributed by atoms with van der Waals surface area (Å²) in [5.41, 5.74) is 4.86. The molecule has 0 spiro atoms. The largest absolute Gasteiger partial charge is 0.496 e. The number of rotatable bonds is 15.